The van der Waals surface area contributed by atoms with Crippen LogP contribution >= 0.6 is 0 Å². The van der Waals surface area contributed by atoms with Gasteiger partial charge in [0.15, 0.2) is 0 Å². The summed E-state index contributed by atoms with van der Waals surface area (Å²) in [5.41, 5.74) is 1.04. The van der Waals surface area contributed by atoms with Gasteiger partial charge in [-0.2, -0.15) is 0 Å². The lowest BCUT2D eigenvalue weighted by atomic mass is 10.0. The number of pyridine rings is 1. The SMILES string of the molecule is O=C1CN2C(CNCC2c2ccccn2)CN1. The molecule has 0 radical (unpaired) electrons. The highest BCUT2D eigenvalue weighted by molar-refractivity contribution is 5.79. The van der Waals surface area contributed by atoms with Crippen molar-refractivity contribution in [1.29, 1.82) is 0 Å². The molecule has 2 N–H and O–H groups in total. The summed E-state index contributed by atoms with van der Waals surface area (Å²) in [6.07, 6.45) is 1.81. The molecule has 5 nitrogen and oxygen atoms in total. The summed E-state index contributed by atoms with van der Waals surface area (Å²) in [6.45, 7) is 3.01. The molecule has 2 aliphatic heterocycles. The molecule has 1 aromatic heterocycles. The lowest BCUT2D eigenvalue weighted by molar-refractivity contribution is -0.127. The van der Waals surface area contributed by atoms with Gasteiger partial charge in [-0.25, -0.2) is 0 Å². The van der Waals surface area contributed by atoms with E-state index in [4.69, 9.17) is 0 Å². The number of aromatic nitrogens is 1. The van der Waals surface area contributed by atoms with Crippen molar-refractivity contribution in [2.24, 2.45) is 0 Å². The molecule has 5 heteroatoms. The topological polar surface area (TPSA) is 57.3 Å². The maximum Gasteiger partial charge on any atom is 0.234 e. The molecule has 3 rings (SSSR count). The van der Waals surface area contributed by atoms with E-state index in [9.17, 15) is 4.79 Å². The fourth-order valence-corrected chi connectivity index (χ4v) is 2.61. The molecule has 90 valence electrons. The third-order valence-electron chi connectivity index (χ3n) is 3.48. The largest absolute Gasteiger partial charge is 0.353 e. The van der Waals surface area contributed by atoms with Crippen molar-refractivity contribution in [3.63, 3.8) is 0 Å². The Kier molecular flexibility index (Phi) is 2.78. The fourth-order valence-electron chi connectivity index (χ4n) is 2.61. The van der Waals surface area contributed by atoms with Gasteiger partial charge in [-0.15, -0.1) is 0 Å². The van der Waals surface area contributed by atoms with Crippen LogP contribution in [0.1, 0.15) is 11.7 Å². The summed E-state index contributed by atoms with van der Waals surface area (Å²) < 4.78 is 0. The summed E-state index contributed by atoms with van der Waals surface area (Å²) in [4.78, 5) is 18.2. The maximum absolute atomic E-state index is 11.5. The van der Waals surface area contributed by atoms with Crippen LogP contribution in [-0.2, 0) is 4.79 Å². The van der Waals surface area contributed by atoms with Gasteiger partial charge in [-0.05, 0) is 12.1 Å². The molecule has 0 bridgehead atoms. The molecule has 0 spiro atoms. The summed E-state index contributed by atoms with van der Waals surface area (Å²) in [5, 5.41) is 6.33. The number of amides is 1. The standard InChI is InChI=1S/C12H16N4O/c17-12-8-16-9(6-15-12)5-13-7-11(16)10-3-1-2-4-14-10/h1-4,9,11,13H,5-8H2,(H,15,17). The van der Waals surface area contributed by atoms with E-state index in [2.05, 4.69) is 20.5 Å². The summed E-state index contributed by atoms with van der Waals surface area (Å²) in [5.74, 6) is 0.115. The van der Waals surface area contributed by atoms with Crippen LogP contribution in [0.15, 0.2) is 24.4 Å². The first-order valence-electron chi connectivity index (χ1n) is 5.98. The molecular formula is C12H16N4O. The maximum atomic E-state index is 11.5. The predicted molar refractivity (Wildman–Crippen MR) is 63.4 cm³/mol. The van der Waals surface area contributed by atoms with Gasteiger partial charge in [-0.3, -0.25) is 14.7 Å². The third kappa shape index (κ3) is 2.03. The highest BCUT2D eigenvalue weighted by Gasteiger charge is 2.36. The van der Waals surface area contributed by atoms with E-state index in [1.165, 1.54) is 0 Å². The third-order valence-corrected chi connectivity index (χ3v) is 3.48. The first kappa shape index (κ1) is 10.7. The molecule has 2 aliphatic rings. The number of hydrogen-bond acceptors (Lipinski definition) is 4. The van der Waals surface area contributed by atoms with Crippen molar-refractivity contribution in [2.45, 2.75) is 12.1 Å². The molecule has 2 atom stereocenters. The Balaban J connectivity index is 1.86. The first-order chi connectivity index (χ1) is 8.34. The van der Waals surface area contributed by atoms with E-state index in [1.807, 2.05) is 24.4 Å². The monoisotopic (exact) mass is 232 g/mol. The van der Waals surface area contributed by atoms with Crippen LogP contribution in [0.25, 0.3) is 0 Å². The Bertz CT molecular complexity index is 408. The van der Waals surface area contributed by atoms with Gasteiger partial charge < -0.3 is 10.6 Å². The van der Waals surface area contributed by atoms with Crippen molar-refractivity contribution in [2.75, 3.05) is 26.2 Å². The number of nitrogens with one attached hydrogen (secondary N) is 2. The van der Waals surface area contributed by atoms with Crippen LogP contribution in [0.4, 0.5) is 0 Å². The zero-order valence-electron chi connectivity index (χ0n) is 9.60. The number of carbonyl (C=O) groups is 1. The number of hydrogen-bond donors (Lipinski definition) is 2. The van der Waals surface area contributed by atoms with E-state index < -0.39 is 0 Å². The minimum absolute atomic E-state index is 0.115. The number of nitrogens with zero attached hydrogens (tertiary/aromatic N) is 2. The van der Waals surface area contributed by atoms with E-state index in [0.29, 0.717) is 12.6 Å². The van der Waals surface area contributed by atoms with Gasteiger partial charge in [0.2, 0.25) is 5.91 Å². The van der Waals surface area contributed by atoms with E-state index in [0.717, 1.165) is 25.3 Å². The number of rotatable bonds is 1. The Labute approximate surface area is 100 Å². The second kappa shape index (κ2) is 4.43. The van der Waals surface area contributed by atoms with Crippen molar-refractivity contribution in [3.8, 4) is 0 Å². The molecule has 1 amide bonds. The highest BCUT2D eigenvalue weighted by Crippen LogP contribution is 2.24. The predicted octanol–water partition coefficient (Wildman–Crippen LogP) is -0.474. The van der Waals surface area contributed by atoms with Gasteiger partial charge >= 0.3 is 0 Å². The quantitative estimate of drug-likeness (QED) is 0.687. The Morgan fingerprint density at radius 3 is 3.06 bits per heavy atom. The van der Waals surface area contributed by atoms with Crippen LogP contribution in [0, 0.1) is 0 Å². The van der Waals surface area contributed by atoms with Crippen LogP contribution < -0.4 is 10.6 Å². The van der Waals surface area contributed by atoms with Gasteiger partial charge in [0.05, 0.1) is 18.3 Å². The van der Waals surface area contributed by atoms with Crippen LogP contribution in [0.2, 0.25) is 0 Å². The molecule has 1 aromatic rings. The number of piperazine rings is 2. The van der Waals surface area contributed by atoms with E-state index in [1.54, 1.807) is 0 Å². The molecule has 0 aliphatic carbocycles. The molecular weight excluding hydrogens is 216 g/mol. The van der Waals surface area contributed by atoms with Gasteiger partial charge in [0.25, 0.3) is 0 Å². The second-order valence-electron chi connectivity index (χ2n) is 4.56. The molecule has 2 saturated heterocycles. The Morgan fingerprint density at radius 2 is 2.24 bits per heavy atom. The van der Waals surface area contributed by atoms with Crippen molar-refractivity contribution >= 4 is 5.91 Å². The smallest absolute Gasteiger partial charge is 0.234 e. The number of carbonyl (C=O) groups excluding carboxylic acids is 1. The molecule has 17 heavy (non-hydrogen) atoms. The van der Waals surface area contributed by atoms with E-state index in [-0.39, 0.29) is 11.9 Å². The van der Waals surface area contributed by atoms with Crippen molar-refractivity contribution < 1.29 is 4.79 Å². The van der Waals surface area contributed by atoms with Crippen LogP contribution in [0.5, 0.6) is 0 Å². The lowest BCUT2D eigenvalue weighted by Crippen LogP contribution is -2.63. The van der Waals surface area contributed by atoms with Gasteiger partial charge in [0, 0.05) is 31.9 Å². The van der Waals surface area contributed by atoms with Crippen molar-refractivity contribution in [1.82, 2.24) is 20.5 Å². The number of fused-ring (bicyclic) bond motifs is 1. The zero-order chi connectivity index (χ0) is 11.7. The van der Waals surface area contributed by atoms with Crippen LogP contribution in [-0.4, -0.2) is 48.0 Å². The Hall–Kier alpha value is -1.46. The van der Waals surface area contributed by atoms with Gasteiger partial charge in [-0.1, -0.05) is 6.07 Å². The molecule has 2 fully saturated rings. The average molecular weight is 232 g/mol. The first-order valence-corrected chi connectivity index (χ1v) is 5.98. The minimum Gasteiger partial charge on any atom is -0.353 e. The second-order valence-corrected chi connectivity index (χ2v) is 4.56. The average Bonchev–Trinajstić information content (AvgIpc) is 2.39. The molecule has 3 heterocycles. The van der Waals surface area contributed by atoms with Crippen LogP contribution in [0.3, 0.4) is 0 Å². The van der Waals surface area contributed by atoms with Gasteiger partial charge in [0.1, 0.15) is 0 Å². The highest BCUT2D eigenvalue weighted by atomic mass is 16.2. The minimum atomic E-state index is 0.115. The normalized spacial score (nSPS) is 29.5. The zero-order valence-corrected chi connectivity index (χ0v) is 9.60. The van der Waals surface area contributed by atoms with Crippen molar-refractivity contribution in [3.05, 3.63) is 30.1 Å². The molecule has 0 saturated carbocycles. The molecule has 2 unspecified atom stereocenters. The fraction of sp³-hybridized carbons (Fsp3) is 0.500. The summed E-state index contributed by atoms with van der Waals surface area (Å²) >= 11 is 0. The van der Waals surface area contributed by atoms with E-state index >= 15 is 0 Å². The lowest BCUT2D eigenvalue weighted by Gasteiger charge is -2.44. The summed E-state index contributed by atoms with van der Waals surface area (Å²) in [6, 6.07) is 6.53. The summed E-state index contributed by atoms with van der Waals surface area (Å²) in [7, 11) is 0. The Morgan fingerprint density at radius 1 is 1.29 bits per heavy atom. The molecule has 0 aromatic carbocycles.